The molecule has 0 aliphatic carbocycles. The molecule has 3 N–H and O–H groups in total. The average Bonchev–Trinajstić information content (AvgIpc) is 2.97. The highest BCUT2D eigenvalue weighted by Gasteiger charge is 2.25. The zero-order chi connectivity index (χ0) is 11.8. The molecule has 1 unspecified atom stereocenters. The van der Waals surface area contributed by atoms with Crippen molar-refractivity contribution in [1.82, 2.24) is 20.1 Å². The van der Waals surface area contributed by atoms with Crippen molar-refractivity contribution in [2.45, 2.75) is 12.6 Å². The lowest BCUT2D eigenvalue weighted by Crippen LogP contribution is -2.35. The molecule has 3 heterocycles. The summed E-state index contributed by atoms with van der Waals surface area (Å²) < 4.78 is 1.84. The van der Waals surface area contributed by atoms with Gasteiger partial charge in [0.2, 0.25) is 0 Å². The van der Waals surface area contributed by atoms with Crippen molar-refractivity contribution in [3.05, 3.63) is 41.5 Å². The summed E-state index contributed by atoms with van der Waals surface area (Å²) in [6.45, 7) is 1.42. The molecule has 0 saturated heterocycles. The number of aromatic carboxylic acids is 1. The van der Waals surface area contributed by atoms with Gasteiger partial charge in [0.25, 0.3) is 0 Å². The van der Waals surface area contributed by atoms with E-state index in [0.717, 1.165) is 17.9 Å². The van der Waals surface area contributed by atoms with Gasteiger partial charge in [-0.3, -0.25) is 5.10 Å². The first-order valence-electron chi connectivity index (χ1n) is 5.43. The van der Waals surface area contributed by atoms with Gasteiger partial charge >= 0.3 is 5.97 Å². The topological polar surface area (TPSA) is 82.9 Å². The molecule has 0 saturated carbocycles. The third-order valence-corrected chi connectivity index (χ3v) is 3.05. The maximum atomic E-state index is 11.1. The summed E-state index contributed by atoms with van der Waals surface area (Å²) in [6, 6.07) is 5.37. The lowest BCUT2D eigenvalue weighted by molar-refractivity contribution is 0.0683. The Morgan fingerprint density at radius 1 is 1.47 bits per heavy atom. The highest BCUT2D eigenvalue weighted by molar-refractivity contribution is 5.86. The molecule has 0 bridgehead atoms. The molecule has 1 aliphatic heterocycles. The number of carboxylic acids is 1. The number of nitrogens with one attached hydrogen (secondary N) is 2. The van der Waals surface area contributed by atoms with E-state index in [-0.39, 0.29) is 6.04 Å². The van der Waals surface area contributed by atoms with Gasteiger partial charge in [0.1, 0.15) is 5.69 Å². The second kappa shape index (κ2) is 3.74. The number of rotatable bonds is 2. The van der Waals surface area contributed by atoms with Crippen LogP contribution in [0.25, 0.3) is 0 Å². The molecule has 2 aromatic rings. The quantitative estimate of drug-likeness (QED) is 0.708. The van der Waals surface area contributed by atoms with E-state index in [1.54, 1.807) is 12.3 Å². The van der Waals surface area contributed by atoms with Crippen LogP contribution in [-0.2, 0) is 6.54 Å². The van der Waals surface area contributed by atoms with Gasteiger partial charge < -0.3 is 15.0 Å². The molecular formula is C11H12N4O2. The number of carboxylic acid groups (broad SMARTS) is 1. The zero-order valence-electron chi connectivity index (χ0n) is 9.05. The van der Waals surface area contributed by atoms with Gasteiger partial charge in [0.05, 0.1) is 11.7 Å². The summed E-state index contributed by atoms with van der Waals surface area (Å²) in [7, 11) is 0. The van der Waals surface area contributed by atoms with Gasteiger partial charge in [-0.1, -0.05) is 0 Å². The van der Waals surface area contributed by atoms with E-state index in [2.05, 4.69) is 15.5 Å². The van der Waals surface area contributed by atoms with E-state index in [4.69, 9.17) is 5.11 Å². The summed E-state index contributed by atoms with van der Waals surface area (Å²) >= 11 is 0. The fourth-order valence-corrected chi connectivity index (χ4v) is 2.29. The molecule has 0 spiro atoms. The number of aromatic nitrogens is 3. The van der Waals surface area contributed by atoms with Gasteiger partial charge in [-0.2, -0.15) is 5.10 Å². The van der Waals surface area contributed by atoms with Crippen molar-refractivity contribution in [3.8, 4) is 0 Å². The highest BCUT2D eigenvalue weighted by Crippen LogP contribution is 2.25. The zero-order valence-corrected chi connectivity index (χ0v) is 9.05. The van der Waals surface area contributed by atoms with Crippen LogP contribution in [0.1, 0.15) is 27.9 Å². The Kier molecular flexibility index (Phi) is 2.22. The minimum absolute atomic E-state index is 0.0145. The van der Waals surface area contributed by atoms with Crippen LogP contribution in [0.15, 0.2) is 24.4 Å². The largest absolute Gasteiger partial charge is 0.477 e. The van der Waals surface area contributed by atoms with Crippen molar-refractivity contribution >= 4 is 5.97 Å². The highest BCUT2D eigenvalue weighted by atomic mass is 16.4. The van der Waals surface area contributed by atoms with E-state index in [1.165, 1.54) is 0 Å². The van der Waals surface area contributed by atoms with E-state index in [1.807, 2.05) is 16.7 Å². The van der Waals surface area contributed by atoms with Crippen LogP contribution in [0.4, 0.5) is 0 Å². The SMILES string of the molecule is O=C(O)c1ccc2n1CCNC2c1ccn[nH]1. The van der Waals surface area contributed by atoms with Gasteiger partial charge in [-0.15, -0.1) is 0 Å². The molecule has 2 aromatic heterocycles. The number of aromatic amines is 1. The van der Waals surface area contributed by atoms with Crippen LogP contribution >= 0.6 is 0 Å². The molecule has 1 atom stereocenters. The minimum atomic E-state index is -0.887. The Bertz CT molecular complexity index is 544. The normalized spacial score (nSPS) is 18.9. The van der Waals surface area contributed by atoms with Crippen molar-refractivity contribution in [2.24, 2.45) is 0 Å². The van der Waals surface area contributed by atoms with Crippen molar-refractivity contribution in [2.75, 3.05) is 6.54 Å². The fraction of sp³-hybridized carbons (Fsp3) is 0.273. The van der Waals surface area contributed by atoms with Crippen LogP contribution in [0, 0.1) is 0 Å². The number of fused-ring (bicyclic) bond motifs is 1. The molecule has 0 aromatic carbocycles. The monoisotopic (exact) mass is 232 g/mol. The Morgan fingerprint density at radius 2 is 2.35 bits per heavy atom. The van der Waals surface area contributed by atoms with Crippen LogP contribution in [0.3, 0.4) is 0 Å². The van der Waals surface area contributed by atoms with Crippen LogP contribution < -0.4 is 5.32 Å². The Labute approximate surface area is 97.3 Å². The molecule has 1 aliphatic rings. The molecular weight excluding hydrogens is 220 g/mol. The molecule has 6 heteroatoms. The maximum Gasteiger partial charge on any atom is 0.352 e. The first-order chi connectivity index (χ1) is 8.27. The summed E-state index contributed by atoms with van der Waals surface area (Å²) in [5, 5.41) is 19.3. The van der Waals surface area contributed by atoms with Crippen LogP contribution in [0.5, 0.6) is 0 Å². The molecule has 3 rings (SSSR count). The number of carbonyl (C=O) groups is 1. The van der Waals surface area contributed by atoms with Crippen molar-refractivity contribution < 1.29 is 9.90 Å². The Balaban J connectivity index is 2.06. The molecule has 88 valence electrons. The summed E-state index contributed by atoms with van der Waals surface area (Å²) in [5.41, 5.74) is 2.24. The third-order valence-electron chi connectivity index (χ3n) is 3.05. The number of H-pyrrole nitrogens is 1. The van der Waals surface area contributed by atoms with Crippen molar-refractivity contribution in [3.63, 3.8) is 0 Å². The van der Waals surface area contributed by atoms with Crippen molar-refractivity contribution in [1.29, 1.82) is 0 Å². The number of nitrogens with zero attached hydrogens (tertiary/aromatic N) is 2. The van der Waals surface area contributed by atoms with E-state index in [9.17, 15) is 4.79 Å². The first-order valence-corrected chi connectivity index (χ1v) is 5.43. The van der Waals surface area contributed by atoms with Crippen LogP contribution in [0.2, 0.25) is 0 Å². The predicted molar refractivity (Wildman–Crippen MR) is 59.8 cm³/mol. The second-order valence-corrected chi connectivity index (χ2v) is 4.00. The maximum absolute atomic E-state index is 11.1. The second-order valence-electron chi connectivity index (χ2n) is 4.00. The minimum Gasteiger partial charge on any atom is -0.477 e. The summed E-state index contributed by atoms with van der Waals surface area (Å²) in [4.78, 5) is 11.1. The lowest BCUT2D eigenvalue weighted by atomic mass is 10.1. The van der Waals surface area contributed by atoms with Gasteiger partial charge in [-0.25, -0.2) is 4.79 Å². The average molecular weight is 232 g/mol. The third kappa shape index (κ3) is 1.53. The molecule has 0 fully saturated rings. The number of hydrogen-bond acceptors (Lipinski definition) is 3. The van der Waals surface area contributed by atoms with E-state index >= 15 is 0 Å². The smallest absolute Gasteiger partial charge is 0.352 e. The summed E-state index contributed by atoms with van der Waals surface area (Å²) in [6.07, 6.45) is 1.69. The lowest BCUT2D eigenvalue weighted by Gasteiger charge is -2.26. The standard InChI is InChI=1S/C11H12N4O2/c16-11(17)9-2-1-8-10(7-3-4-13-14-7)12-5-6-15(8)9/h1-4,10,12H,5-6H2,(H,13,14)(H,16,17). The van der Waals surface area contributed by atoms with E-state index in [0.29, 0.717) is 12.2 Å². The fourth-order valence-electron chi connectivity index (χ4n) is 2.29. The Hall–Kier alpha value is -2.08. The Morgan fingerprint density at radius 3 is 3.06 bits per heavy atom. The molecule has 6 nitrogen and oxygen atoms in total. The predicted octanol–water partition coefficient (Wildman–Crippen LogP) is 0.602. The van der Waals surface area contributed by atoms with Gasteiger partial charge in [0.15, 0.2) is 0 Å². The van der Waals surface area contributed by atoms with Crippen LogP contribution in [-0.4, -0.2) is 32.4 Å². The molecule has 17 heavy (non-hydrogen) atoms. The number of hydrogen-bond donors (Lipinski definition) is 3. The van der Waals surface area contributed by atoms with E-state index < -0.39 is 5.97 Å². The first kappa shape index (κ1) is 10.1. The summed E-state index contributed by atoms with van der Waals surface area (Å²) in [5.74, 6) is -0.887. The molecule has 0 amide bonds. The van der Waals surface area contributed by atoms with Gasteiger partial charge in [0, 0.05) is 25.0 Å². The van der Waals surface area contributed by atoms with Gasteiger partial charge in [-0.05, 0) is 18.2 Å². The molecule has 0 radical (unpaired) electrons.